The fraction of sp³-hybridized carbons (Fsp3) is 0.500. The van der Waals surface area contributed by atoms with Crippen LogP contribution < -0.4 is 15.4 Å². The van der Waals surface area contributed by atoms with E-state index < -0.39 is 5.72 Å². The van der Waals surface area contributed by atoms with Crippen LogP contribution in [0, 0.1) is 31.6 Å². The summed E-state index contributed by atoms with van der Waals surface area (Å²) in [5.74, 6) is 0.847. The van der Waals surface area contributed by atoms with Crippen molar-refractivity contribution in [3.8, 4) is 5.75 Å². The minimum Gasteiger partial charge on any atom is -0.467 e. The number of para-hydroxylation sites is 1. The number of benzene rings is 1. The first-order chi connectivity index (χ1) is 13.9. The molecule has 2 amide bonds. The first kappa shape index (κ1) is 18.2. The van der Waals surface area contributed by atoms with E-state index in [1.165, 1.54) is 0 Å². The van der Waals surface area contributed by atoms with Gasteiger partial charge < -0.3 is 15.4 Å². The number of nitrogens with zero attached hydrogens (tertiary/aromatic N) is 2. The monoisotopic (exact) mass is 394 g/mol. The van der Waals surface area contributed by atoms with Crippen LogP contribution in [0.2, 0.25) is 0 Å². The molecule has 2 aromatic rings. The molecule has 1 spiro atoms. The molecule has 1 aromatic heterocycles. The molecule has 1 aliphatic heterocycles. The van der Waals surface area contributed by atoms with Gasteiger partial charge in [0, 0.05) is 25.3 Å². The van der Waals surface area contributed by atoms with Crippen LogP contribution in [0.15, 0.2) is 24.3 Å². The molecule has 3 fully saturated rings. The first-order valence-corrected chi connectivity index (χ1v) is 10.3. The number of aromatic nitrogens is 2. The van der Waals surface area contributed by atoms with Crippen LogP contribution in [0.25, 0.3) is 0 Å². The van der Waals surface area contributed by atoms with E-state index in [-0.39, 0.29) is 29.6 Å². The highest BCUT2D eigenvalue weighted by atomic mass is 16.5. The van der Waals surface area contributed by atoms with Crippen molar-refractivity contribution in [3.05, 3.63) is 41.2 Å². The molecule has 152 valence electrons. The number of ether oxygens (including phenoxy) is 1. The Morgan fingerprint density at radius 3 is 2.79 bits per heavy atom. The first-order valence-electron chi connectivity index (χ1n) is 10.3. The van der Waals surface area contributed by atoms with Crippen molar-refractivity contribution in [3.63, 3.8) is 0 Å². The van der Waals surface area contributed by atoms with Crippen molar-refractivity contribution in [2.75, 3.05) is 5.32 Å². The van der Waals surface area contributed by atoms with E-state index in [4.69, 9.17) is 4.74 Å². The van der Waals surface area contributed by atoms with Crippen molar-refractivity contribution in [2.45, 2.75) is 45.3 Å². The average Bonchev–Trinajstić information content (AvgIpc) is 2.94. The summed E-state index contributed by atoms with van der Waals surface area (Å²) in [6.07, 6.45) is 3.33. The fourth-order valence-electron chi connectivity index (χ4n) is 5.45. The number of rotatable bonds is 2. The van der Waals surface area contributed by atoms with Gasteiger partial charge in [0.2, 0.25) is 5.91 Å². The van der Waals surface area contributed by atoms with Gasteiger partial charge in [-0.3, -0.25) is 14.3 Å². The molecule has 2 heterocycles. The third-order valence-electron chi connectivity index (χ3n) is 7.06. The number of carbonyl (C=O) groups excluding carboxylic acids is 2. The standard InChI is InChI=1S/C22H26N4O3/c1-12-19(13(2)26(3)25-12)23-20(27)17-10-15-9-8-14(17)11-22(15)24-21(28)16-6-4-5-7-18(16)29-22/h4-7,14-15,17H,8-11H2,1-3H3,(H,23,27)(H,24,28). The largest absolute Gasteiger partial charge is 0.467 e. The molecular weight excluding hydrogens is 368 g/mol. The summed E-state index contributed by atoms with van der Waals surface area (Å²) < 4.78 is 8.16. The summed E-state index contributed by atoms with van der Waals surface area (Å²) in [7, 11) is 1.88. The molecule has 2 N–H and O–H groups in total. The minimum absolute atomic E-state index is 0.0521. The molecule has 0 saturated heterocycles. The molecular formula is C22H26N4O3. The Balaban J connectivity index is 1.37. The molecule has 3 aliphatic carbocycles. The molecule has 3 saturated carbocycles. The highest BCUT2D eigenvalue weighted by Gasteiger charge is 2.57. The summed E-state index contributed by atoms with van der Waals surface area (Å²) in [5, 5.41) is 10.7. The van der Waals surface area contributed by atoms with E-state index in [0.29, 0.717) is 17.7 Å². The topological polar surface area (TPSA) is 85.3 Å². The third kappa shape index (κ3) is 2.74. The lowest BCUT2D eigenvalue weighted by Crippen LogP contribution is -2.66. The van der Waals surface area contributed by atoms with E-state index >= 15 is 0 Å². The van der Waals surface area contributed by atoms with Gasteiger partial charge in [-0.15, -0.1) is 0 Å². The summed E-state index contributed by atoms with van der Waals surface area (Å²) >= 11 is 0. The van der Waals surface area contributed by atoms with Crippen LogP contribution in [-0.2, 0) is 11.8 Å². The molecule has 4 aliphatic rings. The van der Waals surface area contributed by atoms with E-state index in [9.17, 15) is 9.59 Å². The van der Waals surface area contributed by atoms with Crippen LogP contribution >= 0.6 is 0 Å². The van der Waals surface area contributed by atoms with Gasteiger partial charge in [-0.1, -0.05) is 12.1 Å². The maximum atomic E-state index is 13.1. The van der Waals surface area contributed by atoms with Crippen LogP contribution in [0.3, 0.4) is 0 Å². The van der Waals surface area contributed by atoms with Gasteiger partial charge in [0.1, 0.15) is 5.75 Å². The molecule has 7 nitrogen and oxygen atoms in total. The number of amides is 2. The van der Waals surface area contributed by atoms with Gasteiger partial charge in [0.15, 0.2) is 5.72 Å². The van der Waals surface area contributed by atoms with Crippen molar-refractivity contribution in [1.29, 1.82) is 0 Å². The van der Waals surface area contributed by atoms with Crippen LogP contribution in [0.4, 0.5) is 5.69 Å². The van der Waals surface area contributed by atoms with Gasteiger partial charge in [-0.25, -0.2) is 0 Å². The Bertz CT molecular complexity index is 1010. The Morgan fingerprint density at radius 2 is 2.10 bits per heavy atom. The van der Waals surface area contributed by atoms with Crippen molar-refractivity contribution >= 4 is 17.5 Å². The third-order valence-corrected chi connectivity index (χ3v) is 7.06. The smallest absolute Gasteiger partial charge is 0.258 e. The Hall–Kier alpha value is -2.83. The zero-order valence-corrected chi connectivity index (χ0v) is 17.0. The van der Waals surface area contributed by atoms with Crippen molar-refractivity contribution in [1.82, 2.24) is 15.1 Å². The molecule has 29 heavy (non-hydrogen) atoms. The minimum atomic E-state index is -0.689. The number of nitrogens with one attached hydrogen (secondary N) is 2. The van der Waals surface area contributed by atoms with Gasteiger partial charge >= 0.3 is 0 Å². The Morgan fingerprint density at radius 1 is 1.31 bits per heavy atom. The van der Waals surface area contributed by atoms with Gasteiger partial charge in [-0.05, 0) is 51.2 Å². The van der Waals surface area contributed by atoms with Crippen molar-refractivity contribution < 1.29 is 14.3 Å². The van der Waals surface area contributed by atoms with E-state index in [1.54, 1.807) is 10.7 Å². The van der Waals surface area contributed by atoms with E-state index in [2.05, 4.69) is 15.7 Å². The van der Waals surface area contributed by atoms with Crippen molar-refractivity contribution in [2.24, 2.45) is 24.8 Å². The van der Waals surface area contributed by atoms with Crippen LogP contribution in [-0.4, -0.2) is 27.3 Å². The SMILES string of the molecule is Cc1nn(C)c(C)c1NC(=O)C1CC2CCC1CC21NC(=O)c2ccccc2O1. The molecule has 4 unspecified atom stereocenters. The fourth-order valence-corrected chi connectivity index (χ4v) is 5.45. The normalized spacial score (nSPS) is 29.9. The second-order valence-electron chi connectivity index (χ2n) is 8.68. The number of hydrogen-bond acceptors (Lipinski definition) is 4. The molecule has 6 rings (SSSR count). The number of anilines is 1. The number of hydrogen-bond donors (Lipinski definition) is 2. The molecule has 4 atom stereocenters. The zero-order valence-electron chi connectivity index (χ0n) is 17.0. The molecule has 1 aromatic carbocycles. The lowest BCUT2D eigenvalue weighted by Gasteiger charge is -2.55. The number of carbonyl (C=O) groups is 2. The predicted octanol–water partition coefficient (Wildman–Crippen LogP) is 2.93. The molecule has 0 radical (unpaired) electrons. The Labute approximate surface area is 169 Å². The van der Waals surface area contributed by atoms with E-state index in [0.717, 1.165) is 36.3 Å². The lowest BCUT2D eigenvalue weighted by molar-refractivity contribution is -0.142. The van der Waals surface area contributed by atoms with Gasteiger partial charge in [0.05, 0.1) is 22.6 Å². The molecule has 7 heteroatoms. The van der Waals surface area contributed by atoms with Gasteiger partial charge in [0.25, 0.3) is 5.91 Å². The van der Waals surface area contributed by atoms with E-state index in [1.807, 2.05) is 39.1 Å². The summed E-state index contributed by atoms with van der Waals surface area (Å²) in [6, 6.07) is 7.38. The maximum Gasteiger partial charge on any atom is 0.258 e. The number of aryl methyl sites for hydroxylation is 2. The second-order valence-corrected chi connectivity index (χ2v) is 8.68. The summed E-state index contributed by atoms with van der Waals surface area (Å²) in [5.41, 5.74) is 2.48. The Kier molecular flexibility index (Phi) is 3.98. The number of fused-ring (bicyclic) bond motifs is 3. The summed E-state index contributed by atoms with van der Waals surface area (Å²) in [4.78, 5) is 25.8. The lowest BCUT2D eigenvalue weighted by atomic mass is 9.60. The highest BCUT2D eigenvalue weighted by molar-refractivity contribution is 5.98. The van der Waals surface area contributed by atoms with Gasteiger partial charge in [-0.2, -0.15) is 5.10 Å². The quantitative estimate of drug-likeness (QED) is 0.820. The average molecular weight is 394 g/mol. The zero-order chi connectivity index (χ0) is 20.3. The second kappa shape index (κ2) is 6.34. The highest BCUT2D eigenvalue weighted by Crippen LogP contribution is 2.52. The summed E-state index contributed by atoms with van der Waals surface area (Å²) in [6.45, 7) is 3.87. The van der Waals surface area contributed by atoms with Crippen LogP contribution in [0.1, 0.15) is 47.4 Å². The predicted molar refractivity (Wildman–Crippen MR) is 108 cm³/mol. The maximum absolute atomic E-state index is 13.1. The van der Waals surface area contributed by atoms with Crippen LogP contribution in [0.5, 0.6) is 5.75 Å². The molecule has 2 bridgehead atoms.